The molecule has 1 fully saturated rings. The average Bonchev–Trinajstić information content (AvgIpc) is 2.15. The Bertz CT molecular complexity index is 396. The second-order valence-electron chi connectivity index (χ2n) is 4.19. The highest BCUT2D eigenvalue weighted by atomic mass is 35.5. The van der Waals surface area contributed by atoms with Crippen LogP contribution < -0.4 is 10.5 Å². The molecule has 0 unspecified atom stereocenters. The van der Waals surface area contributed by atoms with Gasteiger partial charge < -0.3 is 10.5 Å². The number of nitrogens with two attached hydrogens (primary N) is 1. The molecule has 1 atom stereocenters. The van der Waals surface area contributed by atoms with Crippen molar-refractivity contribution in [2.24, 2.45) is 11.7 Å². The first-order valence-corrected chi connectivity index (χ1v) is 5.42. The first-order chi connectivity index (χ1) is 7.65. The smallest absolute Gasteiger partial charge is 0.172 e. The molecule has 96 valence electrons. The summed E-state index contributed by atoms with van der Waals surface area (Å²) in [4.78, 5) is 0. The number of methoxy groups -OCH3 is 1. The van der Waals surface area contributed by atoms with Gasteiger partial charge in [0.25, 0.3) is 0 Å². The maximum Gasteiger partial charge on any atom is 0.172 e. The molecule has 0 amide bonds. The first kappa shape index (κ1) is 14.2. The molecule has 0 radical (unpaired) electrons. The van der Waals surface area contributed by atoms with Gasteiger partial charge in [0, 0.05) is 11.6 Å². The highest BCUT2D eigenvalue weighted by Gasteiger charge is 2.30. The van der Waals surface area contributed by atoms with Gasteiger partial charge in [0.15, 0.2) is 11.6 Å². The van der Waals surface area contributed by atoms with Crippen LogP contribution in [0.25, 0.3) is 0 Å². The van der Waals surface area contributed by atoms with E-state index in [1.165, 1.54) is 19.2 Å². The van der Waals surface area contributed by atoms with Crippen molar-refractivity contribution in [3.63, 3.8) is 0 Å². The fourth-order valence-corrected chi connectivity index (χ4v) is 2.05. The fraction of sp³-hybridized carbons (Fsp3) is 0.500. The topological polar surface area (TPSA) is 35.2 Å². The van der Waals surface area contributed by atoms with Gasteiger partial charge in [-0.1, -0.05) is 6.42 Å². The van der Waals surface area contributed by atoms with Gasteiger partial charge in [0.2, 0.25) is 0 Å². The van der Waals surface area contributed by atoms with Crippen LogP contribution in [-0.2, 0) is 0 Å². The van der Waals surface area contributed by atoms with Gasteiger partial charge in [-0.05, 0) is 30.9 Å². The molecule has 1 aromatic carbocycles. The zero-order valence-corrected chi connectivity index (χ0v) is 10.4. The van der Waals surface area contributed by atoms with Gasteiger partial charge in [-0.15, -0.1) is 12.4 Å². The Morgan fingerprint density at radius 3 is 2.47 bits per heavy atom. The van der Waals surface area contributed by atoms with Crippen molar-refractivity contribution in [2.45, 2.75) is 25.3 Å². The highest BCUT2D eigenvalue weighted by molar-refractivity contribution is 5.85. The van der Waals surface area contributed by atoms with E-state index in [0.29, 0.717) is 0 Å². The number of halogens is 3. The van der Waals surface area contributed by atoms with Crippen LogP contribution >= 0.6 is 12.4 Å². The van der Waals surface area contributed by atoms with Gasteiger partial charge in [0.1, 0.15) is 5.82 Å². The lowest BCUT2D eigenvalue weighted by molar-refractivity contribution is 0.254. The van der Waals surface area contributed by atoms with Crippen molar-refractivity contribution in [2.75, 3.05) is 7.11 Å². The summed E-state index contributed by atoms with van der Waals surface area (Å²) < 4.78 is 32.2. The number of benzene rings is 1. The van der Waals surface area contributed by atoms with E-state index in [1.807, 2.05) is 0 Å². The number of hydrogen-bond acceptors (Lipinski definition) is 2. The van der Waals surface area contributed by atoms with Gasteiger partial charge in [-0.3, -0.25) is 0 Å². The molecule has 0 aromatic heterocycles. The Morgan fingerprint density at radius 2 is 2.00 bits per heavy atom. The van der Waals surface area contributed by atoms with E-state index >= 15 is 0 Å². The number of hydrogen-bond donors (Lipinski definition) is 1. The highest BCUT2D eigenvalue weighted by Crippen LogP contribution is 2.39. The third kappa shape index (κ3) is 2.53. The first-order valence-electron chi connectivity index (χ1n) is 5.42. The van der Waals surface area contributed by atoms with Crippen LogP contribution in [0.15, 0.2) is 12.1 Å². The molecule has 1 aliphatic rings. The van der Waals surface area contributed by atoms with Gasteiger partial charge in [-0.2, -0.15) is 0 Å². The lowest BCUT2D eigenvalue weighted by Gasteiger charge is -2.31. The van der Waals surface area contributed by atoms with Crippen molar-refractivity contribution in [1.29, 1.82) is 0 Å². The SMILES string of the molecule is COc1ccc(F)c([C@@H](N)C2CCC2)c1F.Cl. The standard InChI is InChI=1S/C12H15F2NO.ClH/c1-16-9-6-5-8(13)10(11(9)14)12(15)7-3-2-4-7;/h5-7,12H,2-4,15H2,1H3;1H/t12-;/m0./s1. The van der Waals surface area contributed by atoms with Crippen molar-refractivity contribution in [3.8, 4) is 5.75 Å². The summed E-state index contributed by atoms with van der Waals surface area (Å²) in [5.74, 6) is -1.01. The maximum absolute atomic E-state index is 13.9. The summed E-state index contributed by atoms with van der Waals surface area (Å²) in [6.45, 7) is 0. The van der Waals surface area contributed by atoms with Crippen LogP contribution in [0.5, 0.6) is 5.75 Å². The monoisotopic (exact) mass is 263 g/mol. The van der Waals surface area contributed by atoms with Crippen molar-refractivity contribution in [1.82, 2.24) is 0 Å². The zero-order valence-electron chi connectivity index (χ0n) is 9.58. The molecule has 1 aliphatic carbocycles. The molecule has 0 spiro atoms. The third-order valence-corrected chi connectivity index (χ3v) is 3.30. The molecule has 2 rings (SSSR count). The Labute approximate surface area is 106 Å². The normalized spacial score (nSPS) is 16.9. The van der Waals surface area contributed by atoms with E-state index in [1.54, 1.807) is 0 Å². The lowest BCUT2D eigenvalue weighted by atomic mass is 9.77. The average molecular weight is 264 g/mol. The Kier molecular flexibility index (Phi) is 4.71. The number of ether oxygens (including phenoxy) is 1. The van der Waals surface area contributed by atoms with E-state index in [2.05, 4.69) is 0 Å². The van der Waals surface area contributed by atoms with Gasteiger partial charge >= 0.3 is 0 Å². The van der Waals surface area contributed by atoms with Crippen LogP contribution in [0.4, 0.5) is 8.78 Å². The van der Waals surface area contributed by atoms with E-state index < -0.39 is 17.7 Å². The van der Waals surface area contributed by atoms with Crippen LogP contribution in [0.1, 0.15) is 30.9 Å². The lowest BCUT2D eigenvalue weighted by Crippen LogP contribution is -2.28. The minimum atomic E-state index is -0.665. The van der Waals surface area contributed by atoms with Crippen LogP contribution in [-0.4, -0.2) is 7.11 Å². The van der Waals surface area contributed by atoms with Crippen molar-refractivity contribution < 1.29 is 13.5 Å². The third-order valence-electron chi connectivity index (χ3n) is 3.30. The molecule has 0 aliphatic heterocycles. The molecule has 17 heavy (non-hydrogen) atoms. The van der Waals surface area contributed by atoms with Crippen molar-refractivity contribution >= 4 is 12.4 Å². The number of rotatable bonds is 3. The molecular weight excluding hydrogens is 248 g/mol. The van der Waals surface area contributed by atoms with E-state index in [4.69, 9.17) is 10.5 Å². The van der Waals surface area contributed by atoms with Crippen molar-refractivity contribution in [3.05, 3.63) is 29.3 Å². The molecule has 2 nitrogen and oxygen atoms in total. The minimum absolute atomic E-state index is 0. The second kappa shape index (κ2) is 5.65. The summed E-state index contributed by atoms with van der Waals surface area (Å²) in [6, 6.07) is 1.92. The summed E-state index contributed by atoms with van der Waals surface area (Å²) in [7, 11) is 1.36. The zero-order chi connectivity index (χ0) is 11.7. The maximum atomic E-state index is 13.9. The van der Waals surface area contributed by atoms with Gasteiger partial charge in [-0.25, -0.2) is 8.78 Å². The van der Waals surface area contributed by atoms with E-state index in [9.17, 15) is 8.78 Å². The van der Waals surface area contributed by atoms with E-state index in [0.717, 1.165) is 19.3 Å². The Morgan fingerprint density at radius 1 is 1.35 bits per heavy atom. The molecule has 0 heterocycles. The van der Waals surface area contributed by atoms with Crippen LogP contribution in [0, 0.1) is 17.6 Å². The molecule has 5 heteroatoms. The molecule has 0 bridgehead atoms. The second-order valence-corrected chi connectivity index (χ2v) is 4.19. The predicted octanol–water partition coefficient (Wildman–Crippen LogP) is 3.20. The summed E-state index contributed by atoms with van der Waals surface area (Å²) in [5, 5.41) is 0. The summed E-state index contributed by atoms with van der Waals surface area (Å²) >= 11 is 0. The molecule has 1 saturated carbocycles. The minimum Gasteiger partial charge on any atom is -0.494 e. The fourth-order valence-electron chi connectivity index (χ4n) is 2.05. The van der Waals surface area contributed by atoms with Crippen LogP contribution in [0.3, 0.4) is 0 Å². The predicted molar refractivity (Wildman–Crippen MR) is 64.4 cm³/mol. The summed E-state index contributed by atoms with van der Waals surface area (Å²) in [6.07, 6.45) is 2.97. The Balaban J connectivity index is 0.00000144. The quantitative estimate of drug-likeness (QED) is 0.909. The Hall–Kier alpha value is -0.870. The van der Waals surface area contributed by atoms with Crippen LogP contribution in [0.2, 0.25) is 0 Å². The molecular formula is C12H16ClF2NO. The van der Waals surface area contributed by atoms with E-state index in [-0.39, 0.29) is 29.6 Å². The molecule has 2 N–H and O–H groups in total. The summed E-state index contributed by atoms with van der Waals surface area (Å²) in [5.41, 5.74) is 5.85. The molecule has 1 aromatic rings. The molecule has 0 saturated heterocycles. The largest absolute Gasteiger partial charge is 0.494 e. The van der Waals surface area contributed by atoms with Gasteiger partial charge in [0.05, 0.1) is 7.11 Å².